The Hall–Kier alpha value is -2.09. The number of hydrogen-bond donors (Lipinski definition) is 2. The molecule has 1 aromatic rings. The highest BCUT2D eigenvalue weighted by Crippen LogP contribution is 2.28. The third-order valence-electron chi connectivity index (χ3n) is 2.26. The number of nitrogens with two attached hydrogens (primary N) is 1. The third-order valence-corrected chi connectivity index (χ3v) is 2.26. The Labute approximate surface area is 101 Å². The highest BCUT2D eigenvalue weighted by atomic mass is 19.1. The number of nitrogens with zero attached hydrogens (tertiary/aromatic N) is 1. The molecular weight excluding hydrogens is 248 g/mol. The molecule has 1 rings (SSSR count). The fourth-order valence-electron chi connectivity index (χ4n) is 1.23. The molecule has 0 heterocycles. The van der Waals surface area contributed by atoms with E-state index in [1.54, 1.807) is 6.92 Å². The second-order valence-corrected chi connectivity index (χ2v) is 3.54. The van der Waals surface area contributed by atoms with Crippen molar-refractivity contribution in [2.24, 2.45) is 5.73 Å². The maximum atomic E-state index is 13.4. The molecule has 0 radical (unpaired) electrons. The van der Waals surface area contributed by atoms with Crippen LogP contribution >= 0.6 is 0 Å². The Morgan fingerprint density at radius 2 is 2.17 bits per heavy atom. The van der Waals surface area contributed by atoms with E-state index < -0.39 is 39.9 Å². The van der Waals surface area contributed by atoms with Crippen LogP contribution in [-0.4, -0.2) is 16.9 Å². The van der Waals surface area contributed by atoms with Crippen LogP contribution in [-0.2, 0) is 4.79 Å². The van der Waals surface area contributed by atoms with Crippen LogP contribution in [0.4, 0.5) is 20.2 Å². The number of halogens is 2. The molecule has 0 aliphatic carbocycles. The van der Waals surface area contributed by atoms with Crippen LogP contribution in [0.25, 0.3) is 0 Å². The van der Waals surface area contributed by atoms with Crippen LogP contribution in [0.1, 0.15) is 13.3 Å². The predicted octanol–water partition coefficient (Wildman–Crippen LogP) is 1.55. The number of nitrogens with one attached hydrogen (secondary N) is 1. The van der Waals surface area contributed by atoms with E-state index >= 15 is 0 Å². The van der Waals surface area contributed by atoms with E-state index in [9.17, 15) is 23.7 Å². The lowest BCUT2D eigenvalue weighted by molar-refractivity contribution is -0.384. The Balaban J connectivity index is 3.15. The van der Waals surface area contributed by atoms with Gasteiger partial charge in [0.2, 0.25) is 5.91 Å². The van der Waals surface area contributed by atoms with E-state index in [1.807, 2.05) is 5.32 Å². The molecular formula is C10H11F2N3O3. The van der Waals surface area contributed by atoms with Crippen molar-refractivity contribution >= 4 is 17.3 Å². The quantitative estimate of drug-likeness (QED) is 0.633. The average Bonchev–Trinajstić information content (AvgIpc) is 2.30. The van der Waals surface area contributed by atoms with Gasteiger partial charge in [0.25, 0.3) is 5.69 Å². The van der Waals surface area contributed by atoms with Gasteiger partial charge >= 0.3 is 0 Å². The van der Waals surface area contributed by atoms with Gasteiger partial charge in [0.1, 0.15) is 5.82 Å². The molecule has 6 nitrogen and oxygen atoms in total. The number of hydrogen-bond acceptors (Lipinski definition) is 4. The van der Waals surface area contributed by atoms with Gasteiger partial charge in [-0.3, -0.25) is 14.9 Å². The summed E-state index contributed by atoms with van der Waals surface area (Å²) in [5.41, 5.74) is 3.85. The molecule has 0 spiro atoms. The minimum absolute atomic E-state index is 0.280. The van der Waals surface area contributed by atoms with Crippen molar-refractivity contribution in [3.05, 3.63) is 33.9 Å². The summed E-state index contributed by atoms with van der Waals surface area (Å²) >= 11 is 0. The fourth-order valence-corrected chi connectivity index (χ4v) is 1.23. The fraction of sp³-hybridized carbons (Fsp3) is 0.300. The van der Waals surface area contributed by atoms with Crippen molar-refractivity contribution in [1.82, 2.24) is 0 Å². The molecule has 1 aromatic carbocycles. The number of amides is 1. The first-order valence-corrected chi connectivity index (χ1v) is 5.06. The summed E-state index contributed by atoms with van der Waals surface area (Å²) < 4.78 is 26.2. The van der Waals surface area contributed by atoms with Gasteiger partial charge in [-0.2, -0.15) is 0 Å². The predicted molar refractivity (Wildman–Crippen MR) is 59.9 cm³/mol. The van der Waals surface area contributed by atoms with E-state index in [0.717, 1.165) is 0 Å². The lowest BCUT2D eigenvalue weighted by Gasteiger charge is -2.11. The number of nitro groups is 1. The van der Waals surface area contributed by atoms with Crippen LogP contribution < -0.4 is 11.1 Å². The van der Waals surface area contributed by atoms with Crippen LogP contribution in [0.5, 0.6) is 0 Å². The molecule has 0 fully saturated rings. The normalized spacial score (nSPS) is 12.0. The van der Waals surface area contributed by atoms with Gasteiger partial charge in [-0.1, -0.05) is 6.92 Å². The zero-order valence-electron chi connectivity index (χ0n) is 9.44. The van der Waals surface area contributed by atoms with Crippen LogP contribution in [0.15, 0.2) is 12.1 Å². The van der Waals surface area contributed by atoms with Gasteiger partial charge in [0, 0.05) is 6.07 Å². The number of carbonyl (C=O) groups excluding carboxylic acids is 1. The Bertz CT molecular complexity index is 494. The van der Waals surface area contributed by atoms with Gasteiger partial charge in [0.15, 0.2) is 11.5 Å². The molecule has 0 bridgehead atoms. The SMILES string of the molecule is CC[C@@H](N)C(=O)Nc1c(F)cc(F)cc1[N+](=O)[O-]. The van der Waals surface area contributed by atoms with Crippen molar-refractivity contribution in [1.29, 1.82) is 0 Å². The van der Waals surface area contributed by atoms with Crippen LogP contribution in [0, 0.1) is 21.7 Å². The molecule has 0 aliphatic heterocycles. The molecule has 1 amide bonds. The molecule has 98 valence electrons. The lowest BCUT2D eigenvalue weighted by atomic mass is 10.2. The maximum absolute atomic E-state index is 13.4. The van der Waals surface area contributed by atoms with Gasteiger partial charge in [-0.25, -0.2) is 8.78 Å². The summed E-state index contributed by atoms with van der Waals surface area (Å²) in [6, 6.07) is 0.0463. The zero-order valence-corrected chi connectivity index (χ0v) is 9.44. The standard InChI is InChI=1S/C10H11F2N3O3/c1-2-7(13)10(16)14-9-6(12)3-5(11)4-8(9)15(17)18/h3-4,7H,2,13H2,1H3,(H,14,16)/t7-/m1/s1. The van der Waals surface area contributed by atoms with Crippen molar-refractivity contribution in [3.63, 3.8) is 0 Å². The maximum Gasteiger partial charge on any atom is 0.298 e. The second kappa shape index (κ2) is 5.50. The summed E-state index contributed by atoms with van der Waals surface area (Å²) in [5.74, 6) is -3.10. The van der Waals surface area contributed by atoms with Crippen LogP contribution in [0.2, 0.25) is 0 Å². The van der Waals surface area contributed by atoms with Crippen molar-refractivity contribution in [2.75, 3.05) is 5.32 Å². The number of anilines is 1. The highest BCUT2D eigenvalue weighted by Gasteiger charge is 2.23. The van der Waals surface area contributed by atoms with E-state index in [-0.39, 0.29) is 6.42 Å². The third kappa shape index (κ3) is 2.98. The zero-order chi connectivity index (χ0) is 13.9. The van der Waals surface area contributed by atoms with Crippen molar-refractivity contribution < 1.29 is 18.5 Å². The number of nitro benzene ring substituents is 1. The molecule has 1 atom stereocenters. The van der Waals surface area contributed by atoms with Gasteiger partial charge in [0.05, 0.1) is 17.0 Å². The Kier molecular flexibility index (Phi) is 4.27. The second-order valence-electron chi connectivity index (χ2n) is 3.54. The summed E-state index contributed by atoms with van der Waals surface area (Å²) in [5, 5.41) is 12.6. The average molecular weight is 259 g/mol. The van der Waals surface area contributed by atoms with Crippen molar-refractivity contribution in [2.45, 2.75) is 19.4 Å². The molecule has 0 aromatic heterocycles. The van der Waals surface area contributed by atoms with E-state index in [0.29, 0.717) is 12.1 Å². The lowest BCUT2D eigenvalue weighted by Crippen LogP contribution is -2.35. The first-order chi connectivity index (χ1) is 8.36. The Morgan fingerprint density at radius 1 is 1.56 bits per heavy atom. The molecule has 0 saturated heterocycles. The molecule has 0 saturated carbocycles. The smallest absolute Gasteiger partial charge is 0.298 e. The van der Waals surface area contributed by atoms with E-state index in [2.05, 4.69) is 0 Å². The first kappa shape index (κ1) is 14.0. The van der Waals surface area contributed by atoms with E-state index in [1.165, 1.54) is 0 Å². The van der Waals surface area contributed by atoms with Crippen LogP contribution in [0.3, 0.4) is 0 Å². The molecule has 8 heteroatoms. The van der Waals surface area contributed by atoms with Gasteiger partial charge < -0.3 is 11.1 Å². The topological polar surface area (TPSA) is 98.3 Å². The summed E-state index contributed by atoms with van der Waals surface area (Å²) in [6.45, 7) is 1.62. The minimum Gasteiger partial charge on any atom is -0.320 e. The molecule has 3 N–H and O–H groups in total. The Morgan fingerprint density at radius 3 is 2.67 bits per heavy atom. The first-order valence-electron chi connectivity index (χ1n) is 5.06. The largest absolute Gasteiger partial charge is 0.320 e. The van der Waals surface area contributed by atoms with E-state index in [4.69, 9.17) is 5.73 Å². The number of carbonyl (C=O) groups is 1. The molecule has 0 aliphatic rings. The highest BCUT2D eigenvalue weighted by molar-refractivity contribution is 5.96. The summed E-state index contributed by atoms with van der Waals surface area (Å²) in [7, 11) is 0. The van der Waals surface area contributed by atoms with Crippen molar-refractivity contribution in [3.8, 4) is 0 Å². The number of benzene rings is 1. The molecule has 18 heavy (non-hydrogen) atoms. The monoisotopic (exact) mass is 259 g/mol. The minimum atomic E-state index is -1.22. The summed E-state index contributed by atoms with van der Waals surface area (Å²) in [6.07, 6.45) is 0.280. The molecule has 0 unspecified atom stereocenters. The van der Waals surface area contributed by atoms with Gasteiger partial charge in [-0.15, -0.1) is 0 Å². The summed E-state index contributed by atoms with van der Waals surface area (Å²) in [4.78, 5) is 21.1. The number of rotatable bonds is 4. The van der Waals surface area contributed by atoms with Gasteiger partial charge in [-0.05, 0) is 6.42 Å².